The van der Waals surface area contributed by atoms with Crippen LogP contribution in [-0.4, -0.2) is 8.80 Å². The lowest BCUT2D eigenvalue weighted by molar-refractivity contribution is 0.569. The predicted molar refractivity (Wildman–Crippen MR) is 350 cm³/mol. The molecule has 0 saturated heterocycles. The Morgan fingerprint density at radius 1 is 0.247 bits per heavy atom. The van der Waals surface area contributed by atoms with Gasteiger partial charge < -0.3 is 8.80 Å². The van der Waals surface area contributed by atoms with E-state index in [0.717, 1.165) is 0 Å². The van der Waals surface area contributed by atoms with Gasteiger partial charge in [-0.15, -0.1) is 0 Å². The molecule has 17 aromatic rings. The first-order valence-corrected chi connectivity index (χ1v) is 28.8. The first kappa shape index (κ1) is 46.4. The molecule has 0 spiro atoms. The van der Waals surface area contributed by atoms with Crippen molar-refractivity contribution in [3.8, 4) is 44.5 Å². The molecule has 384 valence electrons. The average Bonchev–Trinajstić information content (AvgIpc) is 3.23. The third kappa shape index (κ3) is 6.87. The topological polar surface area (TPSA) is 8.82 Å². The highest BCUT2D eigenvalue weighted by Gasteiger charge is 2.26. The standard InChI is InChI=1S/C79H58N2/c1-45-21-26-62(63(27-45)46-15-9-8-10-16-46)59-38-70-65-33-48-18-12-14-20-50(48)41-73(65)81-75-43-54-25-23-52(29-56(54)35-67(75)71(39-59)77(70)81)51-22-24-53-42-74-66(34-55(53)28-51)69-37-58(57-30-60(78(2,3)4)44-61(31-57)79(5,6)7)36-68-64-32-47-17-11-13-19-49(47)40-72(64)80(74)76(68)69/h8-44H,1-7H3. The number of aryl methyl sites for hydroxylation is 1. The number of benzene rings is 13. The molecule has 0 aliphatic rings. The minimum Gasteiger partial charge on any atom is -0.308 e. The van der Waals surface area contributed by atoms with Crippen molar-refractivity contribution in [3.63, 3.8) is 0 Å². The minimum absolute atomic E-state index is 0.00645. The van der Waals surface area contributed by atoms with Crippen LogP contribution < -0.4 is 0 Å². The monoisotopic (exact) mass is 1030 g/mol. The van der Waals surface area contributed by atoms with Gasteiger partial charge in [-0.2, -0.15) is 0 Å². The van der Waals surface area contributed by atoms with Gasteiger partial charge in [-0.05, 0) is 201 Å². The van der Waals surface area contributed by atoms with Crippen molar-refractivity contribution in [1.82, 2.24) is 8.80 Å². The maximum Gasteiger partial charge on any atom is 0.0620 e. The fraction of sp³-hybridized carbons (Fsp3) is 0.114. The van der Waals surface area contributed by atoms with Crippen molar-refractivity contribution < 1.29 is 0 Å². The molecule has 0 N–H and O–H groups in total. The second kappa shape index (κ2) is 16.3. The fourth-order valence-corrected chi connectivity index (χ4v) is 14.1. The molecule has 0 fully saturated rings. The summed E-state index contributed by atoms with van der Waals surface area (Å²) >= 11 is 0. The summed E-state index contributed by atoms with van der Waals surface area (Å²) in [5.41, 5.74) is 21.5. The van der Waals surface area contributed by atoms with E-state index < -0.39 is 0 Å². The Morgan fingerprint density at radius 2 is 0.630 bits per heavy atom. The van der Waals surface area contributed by atoms with Gasteiger partial charge in [0.05, 0.1) is 33.1 Å². The Kier molecular flexibility index (Phi) is 9.35. The Balaban J connectivity index is 0.862. The second-order valence-corrected chi connectivity index (χ2v) is 25.5. The molecule has 0 amide bonds. The zero-order chi connectivity index (χ0) is 54.4. The lowest BCUT2D eigenvalue weighted by atomic mass is 9.79. The fourth-order valence-electron chi connectivity index (χ4n) is 14.1. The summed E-state index contributed by atoms with van der Waals surface area (Å²) < 4.78 is 5.10. The molecule has 0 aliphatic carbocycles. The second-order valence-electron chi connectivity index (χ2n) is 25.5. The molecule has 13 aromatic carbocycles. The normalized spacial score (nSPS) is 12.9. The van der Waals surface area contributed by atoms with Crippen molar-refractivity contribution in [2.24, 2.45) is 0 Å². The summed E-state index contributed by atoms with van der Waals surface area (Å²) in [5, 5.41) is 20.3. The van der Waals surface area contributed by atoms with Gasteiger partial charge in [-0.3, -0.25) is 0 Å². The quantitative estimate of drug-likeness (QED) is 0.166. The average molecular weight is 1040 g/mol. The smallest absolute Gasteiger partial charge is 0.0620 e. The van der Waals surface area contributed by atoms with E-state index in [4.69, 9.17) is 0 Å². The van der Waals surface area contributed by atoms with Crippen LogP contribution in [0.1, 0.15) is 58.2 Å². The molecular formula is C79H58N2. The van der Waals surface area contributed by atoms with Gasteiger partial charge >= 0.3 is 0 Å². The maximum atomic E-state index is 2.56. The molecule has 0 radical (unpaired) electrons. The van der Waals surface area contributed by atoms with Crippen LogP contribution in [0.4, 0.5) is 0 Å². The Morgan fingerprint density at radius 3 is 1.07 bits per heavy atom. The van der Waals surface area contributed by atoms with E-state index in [0.29, 0.717) is 0 Å². The summed E-state index contributed by atoms with van der Waals surface area (Å²) in [6, 6.07) is 86.3. The van der Waals surface area contributed by atoms with Crippen molar-refractivity contribution in [2.45, 2.75) is 59.3 Å². The van der Waals surface area contributed by atoms with Gasteiger partial charge in [0.1, 0.15) is 0 Å². The largest absolute Gasteiger partial charge is 0.308 e. The zero-order valence-electron chi connectivity index (χ0n) is 46.8. The zero-order valence-corrected chi connectivity index (χ0v) is 46.8. The number of rotatable bonds is 4. The molecule has 0 atom stereocenters. The van der Waals surface area contributed by atoms with Crippen LogP contribution in [0.3, 0.4) is 0 Å². The Bertz CT molecular complexity index is 5500. The van der Waals surface area contributed by atoms with Gasteiger partial charge in [0, 0.05) is 43.1 Å². The molecule has 0 saturated carbocycles. The summed E-state index contributed by atoms with van der Waals surface area (Å²) in [6.45, 7) is 16.2. The van der Waals surface area contributed by atoms with Gasteiger partial charge in [-0.1, -0.05) is 187 Å². The van der Waals surface area contributed by atoms with Crippen molar-refractivity contribution in [1.29, 1.82) is 0 Å². The molecule has 4 heterocycles. The van der Waals surface area contributed by atoms with Crippen LogP contribution in [0.2, 0.25) is 0 Å². The highest BCUT2D eigenvalue weighted by atomic mass is 14.9. The van der Waals surface area contributed by atoms with Crippen molar-refractivity contribution >= 4 is 119 Å². The number of hydrogen-bond acceptors (Lipinski definition) is 0. The highest BCUT2D eigenvalue weighted by Crippen LogP contribution is 2.48. The van der Waals surface area contributed by atoms with Crippen LogP contribution >= 0.6 is 0 Å². The summed E-state index contributed by atoms with van der Waals surface area (Å²) in [5.74, 6) is 0. The van der Waals surface area contributed by atoms with Gasteiger partial charge in [0.2, 0.25) is 0 Å². The molecule has 0 unspecified atom stereocenters. The van der Waals surface area contributed by atoms with Gasteiger partial charge in [-0.25, -0.2) is 0 Å². The molecule has 2 heteroatoms. The Hall–Kier alpha value is -9.50. The Labute approximate surface area is 470 Å². The minimum atomic E-state index is 0.00645. The van der Waals surface area contributed by atoms with E-state index >= 15 is 0 Å². The van der Waals surface area contributed by atoms with Crippen LogP contribution in [0.5, 0.6) is 0 Å². The number of hydrogen-bond donors (Lipinski definition) is 0. The van der Waals surface area contributed by atoms with Crippen LogP contribution in [0, 0.1) is 6.92 Å². The first-order valence-electron chi connectivity index (χ1n) is 28.8. The lowest BCUT2D eigenvalue weighted by Crippen LogP contribution is -2.16. The lowest BCUT2D eigenvalue weighted by Gasteiger charge is -2.26. The summed E-state index contributed by atoms with van der Waals surface area (Å²) in [4.78, 5) is 0. The molecular weight excluding hydrogens is 977 g/mol. The van der Waals surface area contributed by atoms with Gasteiger partial charge in [0.25, 0.3) is 0 Å². The third-order valence-corrected chi connectivity index (χ3v) is 18.3. The van der Waals surface area contributed by atoms with Crippen molar-refractivity contribution in [3.05, 3.63) is 241 Å². The first-order chi connectivity index (χ1) is 39.3. The SMILES string of the molecule is Cc1ccc(-c2cc3c4cc5ccccc5cc4n4c5cc6ccc(-c7ccc8cc9c(cc8c7)c7cc(-c8cc(C(C)(C)C)cc(C(C)(C)C)c8)cc8c%10cc%11ccccc%11cc%10n9c87)cc6cc5c(c2)c34)c(-c2ccccc2)c1. The van der Waals surface area contributed by atoms with E-state index in [-0.39, 0.29) is 10.8 Å². The van der Waals surface area contributed by atoms with Crippen LogP contribution in [0.25, 0.3) is 164 Å². The molecule has 2 nitrogen and oxygen atoms in total. The van der Waals surface area contributed by atoms with E-state index in [1.165, 1.54) is 180 Å². The van der Waals surface area contributed by atoms with E-state index in [1.807, 2.05) is 0 Å². The number of fused-ring (bicyclic) bond motifs is 16. The van der Waals surface area contributed by atoms with Crippen LogP contribution in [0.15, 0.2) is 224 Å². The predicted octanol–water partition coefficient (Wildman–Crippen LogP) is 22.2. The van der Waals surface area contributed by atoms with Gasteiger partial charge in [0.15, 0.2) is 0 Å². The van der Waals surface area contributed by atoms with E-state index in [9.17, 15) is 0 Å². The van der Waals surface area contributed by atoms with E-state index in [2.05, 4.69) is 282 Å². The molecule has 17 rings (SSSR count). The highest BCUT2D eigenvalue weighted by molar-refractivity contribution is 6.29. The van der Waals surface area contributed by atoms with Crippen LogP contribution in [-0.2, 0) is 10.8 Å². The molecule has 0 bridgehead atoms. The van der Waals surface area contributed by atoms with Crippen molar-refractivity contribution in [2.75, 3.05) is 0 Å². The molecule has 4 aromatic heterocycles. The third-order valence-electron chi connectivity index (χ3n) is 18.3. The summed E-state index contributed by atoms with van der Waals surface area (Å²) in [6.07, 6.45) is 0. The molecule has 0 aliphatic heterocycles. The summed E-state index contributed by atoms with van der Waals surface area (Å²) in [7, 11) is 0. The van der Waals surface area contributed by atoms with E-state index in [1.54, 1.807) is 0 Å². The number of aromatic nitrogens is 2. The number of nitrogens with zero attached hydrogens (tertiary/aromatic N) is 2. The molecule has 81 heavy (non-hydrogen) atoms. The maximum absolute atomic E-state index is 2.56.